The molecular weight excluding hydrogens is 320 g/mol. The normalized spacial score (nSPS) is 15.9. The van der Waals surface area contributed by atoms with E-state index >= 15 is 0 Å². The second-order valence-corrected chi connectivity index (χ2v) is 6.21. The van der Waals surface area contributed by atoms with Crippen LogP contribution in [-0.2, 0) is 0 Å². The van der Waals surface area contributed by atoms with Gasteiger partial charge in [-0.1, -0.05) is 6.07 Å². The van der Waals surface area contributed by atoms with Crippen LogP contribution in [0.15, 0.2) is 35.3 Å². The highest BCUT2D eigenvalue weighted by Gasteiger charge is 2.19. The van der Waals surface area contributed by atoms with Crippen molar-refractivity contribution < 1.29 is 9.47 Å². The van der Waals surface area contributed by atoms with Gasteiger partial charge in [-0.25, -0.2) is 4.98 Å². The number of fused-ring (bicyclic) bond motifs is 2. The number of nitrogens with one attached hydrogen (secondary N) is 1. The number of aromatic amines is 1. The summed E-state index contributed by atoms with van der Waals surface area (Å²) in [5, 5.41) is 0.490. The Kier molecular flexibility index (Phi) is 3.12. The van der Waals surface area contributed by atoms with Crippen molar-refractivity contribution in [2.75, 3.05) is 24.8 Å². The highest BCUT2D eigenvalue weighted by molar-refractivity contribution is 5.92. The third-order valence-corrected chi connectivity index (χ3v) is 4.68. The van der Waals surface area contributed by atoms with Crippen LogP contribution in [-0.4, -0.2) is 34.8 Å². The highest BCUT2D eigenvalue weighted by atomic mass is 16.7. The van der Waals surface area contributed by atoms with Gasteiger partial charge in [0.25, 0.3) is 5.56 Å². The number of hydrogen-bond donors (Lipinski definition) is 1. The summed E-state index contributed by atoms with van der Waals surface area (Å²) in [6, 6.07) is 7.47. The van der Waals surface area contributed by atoms with Gasteiger partial charge >= 0.3 is 0 Å². The molecule has 2 aromatic heterocycles. The predicted octanol–water partition coefficient (Wildman–Crippen LogP) is 2.31. The molecule has 0 bridgehead atoms. The van der Waals surface area contributed by atoms with Crippen LogP contribution in [0, 0.1) is 0 Å². The molecule has 1 saturated heterocycles. The molecule has 1 aromatic carbocycles. The Morgan fingerprint density at radius 3 is 2.80 bits per heavy atom. The average Bonchev–Trinajstić information content (AvgIpc) is 3.32. The number of nitrogens with zero attached hydrogens (tertiary/aromatic N) is 3. The summed E-state index contributed by atoms with van der Waals surface area (Å²) < 4.78 is 10.8. The molecule has 7 nitrogen and oxygen atoms in total. The first-order chi connectivity index (χ1) is 12.3. The van der Waals surface area contributed by atoms with E-state index in [4.69, 9.17) is 9.47 Å². The van der Waals surface area contributed by atoms with Crippen LogP contribution in [0.3, 0.4) is 0 Å². The molecule has 2 aliphatic heterocycles. The summed E-state index contributed by atoms with van der Waals surface area (Å²) in [5.74, 6) is 2.00. The Morgan fingerprint density at radius 1 is 1.08 bits per heavy atom. The smallest absolute Gasteiger partial charge is 0.262 e. The van der Waals surface area contributed by atoms with E-state index < -0.39 is 0 Å². The van der Waals surface area contributed by atoms with Gasteiger partial charge in [-0.05, 0) is 42.2 Å². The fourth-order valence-electron chi connectivity index (χ4n) is 3.44. The van der Waals surface area contributed by atoms with E-state index in [0.29, 0.717) is 28.5 Å². The molecule has 25 heavy (non-hydrogen) atoms. The number of anilines is 1. The van der Waals surface area contributed by atoms with Crippen LogP contribution in [0.25, 0.3) is 22.2 Å². The quantitative estimate of drug-likeness (QED) is 0.773. The standard InChI is InChI=1S/C18H16N4O3/c23-17-15-12(11-3-4-13-14(9-11)25-10-24-13)5-6-19-16(15)20-18(21-17)22-7-1-2-8-22/h3-6,9H,1-2,7-8,10H2,(H,19,20,21,23). The monoisotopic (exact) mass is 336 g/mol. The van der Waals surface area contributed by atoms with Gasteiger partial charge in [0, 0.05) is 19.3 Å². The SMILES string of the molecule is O=c1[nH]c(N2CCCC2)nc2nccc(-c3ccc4c(c3)OCO4)c12. The molecule has 5 rings (SSSR count). The van der Waals surface area contributed by atoms with Crippen LogP contribution in [0.2, 0.25) is 0 Å². The van der Waals surface area contributed by atoms with Crippen molar-refractivity contribution in [2.45, 2.75) is 12.8 Å². The summed E-state index contributed by atoms with van der Waals surface area (Å²) in [7, 11) is 0. The molecule has 7 heteroatoms. The molecule has 2 aliphatic rings. The molecule has 3 aromatic rings. The molecule has 0 atom stereocenters. The first-order valence-corrected chi connectivity index (χ1v) is 8.33. The summed E-state index contributed by atoms with van der Waals surface area (Å²) in [6.07, 6.45) is 3.92. The minimum Gasteiger partial charge on any atom is -0.454 e. The van der Waals surface area contributed by atoms with E-state index in [0.717, 1.165) is 37.1 Å². The van der Waals surface area contributed by atoms with E-state index in [1.54, 1.807) is 6.20 Å². The first kappa shape index (κ1) is 14.3. The number of aromatic nitrogens is 3. The Labute approximate surface area is 143 Å². The largest absolute Gasteiger partial charge is 0.454 e. The van der Waals surface area contributed by atoms with Crippen molar-refractivity contribution in [3.05, 3.63) is 40.8 Å². The van der Waals surface area contributed by atoms with E-state index in [2.05, 4.69) is 19.9 Å². The van der Waals surface area contributed by atoms with Crippen molar-refractivity contribution in [1.29, 1.82) is 0 Å². The lowest BCUT2D eigenvalue weighted by atomic mass is 10.0. The topological polar surface area (TPSA) is 80.3 Å². The number of pyridine rings is 1. The van der Waals surface area contributed by atoms with Crippen molar-refractivity contribution in [3.63, 3.8) is 0 Å². The molecule has 0 spiro atoms. The van der Waals surface area contributed by atoms with Gasteiger partial charge in [0.2, 0.25) is 12.7 Å². The minimum absolute atomic E-state index is 0.173. The summed E-state index contributed by atoms with van der Waals surface area (Å²) >= 11 is 0. The highest BCUT2D eigenvalue weighted by Crippen LogP contribution is 2.37. The Hall–Kier alpha value is -3.09. The minimum atomic E-state index is -0.173. The van der Waals surface area contributed by atoms with Gasteiger partial charge in [0.05, 0.1) is 5.39 Å². The molecule has 0 amide bonds. The molecule has 126 valence electrons. The maximum Gasteiger partial charge on any atom is 0.262 e. The zero-order valence-electron chi connectivity index (χ0n) is 13.5. The summed E-state index contributed by atoms with van der Waals surface area (Å²) in [4.78, 5) is 26.7. The number of hydrogen-bond acceptors (Lipinski definition) is 6. The first-order valence-electron chi connectivity index (χ1n) is 8.33. The van der Waals surface area contributed by atoms with Crippen molar-refractivity contribution >= 4 is 17.0 Å². The van der Waals surface area contributed by atoms with Crippen LogP contribution in [0.4, 0.5) is 5.95 Å². The summed E-state index contributed by atoms with van der Waals surface area (Å²) in [5.41, 5.74) is 1.94. The molecule has 1 N–H and O–H groups in total. The lowest BCUT2D eigenvalue weighted by Crippen LogP contribution is -2.24. The molecule has 0 aliphatic carbocycles. The fourth-order valence-corrected chi connectivity index (χ4v) is 3.44. The van der Waals surface area contributed by atoms with Gasteiger partial charge in [-0.3, -0.25) is 9.78 Å². The van der Waals surface area contributed by atoms with Gasteiger partial charge in [-0.15, -0.1) is 0 Å². The zero-order chi connectivity index (χ0) is 16.8. The number of H-pyrrole nitrogens is 1. The van der Waals surface area contributed by atoms with E-state index in [1.807, 2.05) is 24.3 Å². The number of rotatable bonds is 2. The maximum atomic E-state index is 12.8. The zero-order valence-corrected chi connectivity index (χ0v) is 13.5. The number of benzene rings is 1. The van der Waals surface area contributed by atoms with Gasteiger partial charge in [0.1, 0.15) is 0 Å². The lowest BCUT2D eigenvalue weighted by molar-refractivity contribution is 0.174. The molecule has 1 fully saturated rings. The van der Waals surface area contributed by atoms with Gasteiger partial charge in [-0.2, -0.15) is 4.98 Å². The van der Waals surface area contributed by atoms with E-state index in [1.165, 1.54) is 0 Å². The molecule has 0 radical (unpaired) electrons. The third-order valence-electron chi connectivity index (χ3n) is 4.68. The van der Waals surface area contributed by atoms with Crippen LogP contribution in [0.1, 0.15) is 12.8 Å². The fraction of sp³-hybridized carbons (Fsp3) is 0.278. The molecule has 0 unspecified atom stereocenters. The molecule has 4 heterocycles. The van der Waals surface area contributed by atoms with Crippen molar-refractivity contribution in [3.8, 4) is 22.6 Å². The Bertz CT molecular complexity index is 1020. The Balaban J connectivity index is 1.68. The second-order valence-electron chi connectivity index (χ2n) is 6.21. The van der Waals surface area contributed by atoms with Crippen LogP contribution in [0.5, 0.6) is 11.5 Å². The summed E-state index contributed by atoms with van der Waals surface area (Å²) in [6.45, 7) is 2.05. The maximum absolute atomic E-state index is 12.8. The second kappa shape index (κ2) is 5.47. The average molecular weight is 336 g/mol. The predicted molar refractivity (Wildman–Crippen MR) is 93.2 cm³/mol. The Morgan fingerprint density at radius 2 is 1.92 bits per heavy atom. The third kappa shape index (κ3) is 2.31. The van der Waals surface area contributed by atoms with Gasteiger partial charge in [0.15, 0.2) is 17.1 Å². The van der Waals surface area contributed by atoms with Crippen molar-refractivity contribution in [2.24, 2.45) is 0 Å². The number of ether oxygens (including phenoxy) is 2. The molecule has 0 saturated carbocycles. The van der Waals surface area contributed by atoms with Gasteiger partial charge < -0.3 is 14.4 Å². The lowest BCUT2D eigenvalue weighted by Gasteiger charge is -2.16. The van der Waals surface area contributed by atoms with E-state index in [9.17, 15) is 4.79 Å². The van der Waals surface area contributed by atoms with Crippen LogP contribution >= 0.6 is 0 Å². The van der Waals surface area contributed by atoms with Crippen molar-refractivity contribution in [1.82, 2.24) is 15.0 Å². The molecular formula is C18H16N4O3. The van der Waals surface area contributed by atoms with E-state index in [-0.39, 0.29) is 12.4 Å². The van der Waals surface area contributed by atoms with Crippen LogP contribution < -0.4 is 19.9 Å².